The van der Waals surface area contributed by atoms with Gasteiger partial charge in [0.1, 0.15) is 5.75 Å². The first-order valence-corrected chi connectivity index (χ1v) is 8.31. The van der Waals surface area contributed by atoms with Crippen molar-refractivity contribution in [2.24, 2.45) is 23.0 Å². The highest BCUT2D eigenvalue weighted by molar-refractivity contribution is 5.27. The lowest BCUT2D eigenvalue weighted by molar-refractivity contribution is 0.105. The molecule has 2 heteroatoms. The number of methoxy groups -OCH3 is 1. The molecule has 0 saturated heterocycles. The molecular formula is C19H31NO. The van der Waals surface area contributed by atoms with Gasteiger partial charge in [-0.2, -0.15) is 0 Å². The van der Waals surface area contributed by atoms with Crippen molar-refractivity contribution in [3.05, 3.63) is 29.8 Å². The number of hydrogen-bond donors (Lipinski definition) is 1. The number of nitrogens with two attached hydrogens (primary N) is 1. The fourth-order valence-corrected chi connectivity index (χ4v) is 3.84. The molecule has 1 aliphatic rings. The average molecular weight is 289 g/mol. The Morgan fingerprint density at radius 1 is 1.19 bits per heavy atom. The van der Waals surface area contributed by atoms with Crippen LogP contribution in [-0.4, -0.2) is 13.2 Å². The summed E-state index contributed by atoms with van der Waals surface area (Å²) >= 11 is 0. The van der Waals surface area contributed by atoms with E-state index >= 15 is 0 Å². The van der Waals surface area contributed by atoms with E-state index in [1.54, 1.807) is 7.11 Å². The van der Waals surface area contributed by atoms with Crippen LogP contribution in [0, 0.1) is 17.3 Å². The SMILES string of the molecule is COc1ccc(CCC(C)(C)C2CCC(C)CC2N)cc1. The number of hydrogen-bond acceptors (Lipinski definition) is 2. The van der Waals surface area contributed by atoms with Crippen molar-refractivity contribution in [3.8, 4) is 5.75 Å². The van der Waals surface area contributed by atoms with Crippen LogP contribution in [-0.2, 0) is 6.42 Å². The smallest absolute Gasteiger partial charge is 0.118 e. The summed E-state index contributed by atoms with van der Waals surface area (Å²) in [4.78, 5) is 0. The van der Waals surface area contributed by atoms with Crippen LogP contribution >= 0.6 is 0 Å². The maximum atomic E-state index is 6.45. The first kappa shape index (κ1) is 16.4. The van der Waals surface area contributed by atoms with E-state index in [0.717, 1.165) is 18.1 Å². The van der Waals surface area contributed by atoms with Gasteiger partial charge in [0.15, 0.2) is 0 Å². The standard InChI is InChI=1S/C19H31NO/c1-14-5-10-17(18(20)13-14)19(2,3)12-11-15-6-8-16(21-4)9-7-15/h6-9,14,17-18H,5,10-13,20H2,1-4H3. The lowest BCUT2D eigenvalue weighted by atomic mass is 9.65. The predicted molar refractivity (Wildman–Crippen MR) is 89.6 cm³/mol. The molecule has 0 radical (unpaired) electrons. The van der Waals surface area contributed by atoms with Crippen LogP contribution in [0.1, 0.15) is 52.0 Å². The monoisotopic (exact) mass is 289 g/mol. The molecule has 0 heterocycles. The van der Waals surface area contributed by atoms with Crippen LogP contribution in [0.4, 0.5) is 0 Å². The Morgan fingerprint density at radius 2 is 1.86 bits per heavy atom. The fourth-order valence-electron chi connectivity index (χ4n) is 3.84. The second-order valence-electron chi connectivity index (χ2n) is 7.53. The highest BCUT2D eigenvalue weighted by Crippen LogP contribution is 2.42. The van der Waals surface area contributed by atoms with Gasteiger partial charge in [0.25, 0.3) is 0 Å². The Hall–Kier alpha value is -1.02. The second-order valence-corrected chi connectivity index (χ2v) is 7.53. The van der Waals surface area contributed by atoms with Crippen LogP contribution in [0.5, 0.6) is 5.75 Å². The van der Waals surface area contributed by atoms with Gasteiger partial charge in [-0.25, -0.2) is 0 Å². The first-order valence-electron chi connectivity index (χ1n) is 8.31. The molecule has 1 fully saturated rings. The minimum absolute atomic E-state index is 0.319. The van der Waals surface area contributed by atoms with E-state index in [2.05, 4.69) is 45.0 Å². The third kappa shape index (κ3) is 4.23. The Balaban J connectivity index is 1.93. The van der Waals surface area contributed by atoms with Gasteiger partial charge in [-0.1, -0.05) is 39.3 Å². The van der Waals surface area contributed by atoms with Gasteiger partial charge in [-0.3, -0.25) is 0 Å². The Labute approximate surface area is 130 Å². The van der Waals surface area contributed by atoms with Crippen LogP contribution < -0.4 is 10.5 Å². The van der Waals surface area contributed by atoms with Gasteiger partial charge >= 0.3 is 0 Å². The van der Waals surface area contributed by atoms with Crippen molar-refractivity contribution >= 4 is 0 Å². The van der Waals surface area contributed by atoms with Gasteiger partial charge in [0.2, 0.25) is 0 Å². The Kier molecular flexibility index (Phi) is 5.32. The molecule has 1 aromatic carbocycles. The van der Waals surface area contributed by atoms with Crippen molar-refractivity contribution < 1.29 is 4.74 Å². The second kappa shape index (κ2) is 6.83. The van der Waals surface area contributed by atoms with Crippen molar-refractivity contribution in [3.63, 3.8) is 0 Å². The number of aryl methyl sites for hydroxylation is 1. The minimum atomic E-state index is 0.319. The van der Waals surface area contributed by atoms with Crippen LogP contribution in [0.15, 0.2) is 24.3 Å². The van der Waals surface area contributed by atoms with E-state index in [4.69, 9.17) is 10.5 Å². The lowest BCUT2D eigenvalue weighted by Crippen LogP contribution is -2.43. The molecule has 1 aliphatic carbocycles. The molecule has 0 bridgehead atoms. The molecule has 3 atom stereocenters. The van der Waals surface area contributed by atoms with Crippen molar-refractivity contribution in [2.75, 3.05) is 7.11 Å². The molecule has 0 spiro atoms. The van der Waals surface area contributed by atoms with E-state index in [0.29, 0.717) is 17.4 Å². The Bertz CT molecular complexity index is 437. The quantitative estimate of drug-likeness (QED) is 0.871. The summed E-state index contributed by atoms with van der Waals surface area (Å²) < 4.78 is 5.22. The normalized spacial score (nSPS) is 26.6. The maximum absolute atomic E-state index is 6.45. The van der Waals surface area contributed by atoms with Crippen molar-refractivity contribution in [1.82, 2.24) is 0 Å². The van der Waals surface area contributed by atoms with Gasteiger partial charge in [-0.05, 0) is 60.6 Å². The van der Waals surface area contributed by atoms with E-state index in [-0.39, 0.29) is 0 Å². The molecule has 2 N–H and O–H groups in total. The zero-order valence-corrected chi connectivity index (χ0v) is 14.1. The molecule has 118 valence electrons. The van der Waals surface area contributed by atoms with E-state index < -0.39 is 0 Å². The average Bonchev–Trinajstić information content (AvgIpc) is 2.45. The van der Waals surface area contributed by atoms with E-state index in [1.807, 2.05) is 0 Å². The molecule has 2 nitrogen and oxygen atoms in total. The summed E-state index contributed by atoms with van der Waals surface area (Å²) in [6, 6.07) is 8.84. The topological polar surface area (TPSA) is 35.2 Å². The molecule has 21 heavy (non-hydrogen) atoms. The highest BCUT2D eigenvalue weighted by atomic mass is 16.5. The third-order valence-corrected chi connectivity index (χ3v) is 5.38. The summed E-state index contributed by atoms with van der Waals surface area (Å²) in [5.74, 6) is 2.39. The molecule has 1 saturated carbocycles. The largest absolute Gasteiger partial charge is 0.497 e. The summed E-state index contributed by atoms with van der Waals surface area (Å²) in [5, 5.41) is 0. The fraction of sp³-hybridized carbons (Fsp3) is 0.684. The van der Waals surface area contributed by atoms with Crippen LogP contribution in [0.25, 0.3) is 0 Å². The van der Waals surface area contributed by atoms with Crippen LogP contribution in [0.3, 0.4) is 0 Å². The molecule has 0 amide bonds. The molecular weight excluding hydrogens is 258 g/mol. The Morgan fingerprint density at radius 3 is 2.43 bits per heavy atom. The lowest BCUT2D eigenvalue weighted by Gasteiger charge is -2.43. The van der Waals surface area contributed by atoms with E-state index in [9.17, 15) is 0 Å². The maximum Gasteiger partial charge on any atom is 0.118 e. The molecule has 1 aromatic rings. The van der Waals surface area contributed by atoms with Crippen LogP contribution in [0.2, 0.25) is 0 Å². The van der Waals surface area contributed by atoms with Gasteiger partial charge in [0.05, 0.1) is 7.11 Å². The number of rotatable bonds is 5. The summed E-state index contributed by atoms with van der Waals surface area (Å²) in [6.07, 6.45) is 6.14. The van der Waals surface area contributed by atoms with Crippen molar-refractivity contribution in [1.29, 1.82) is 0 Å². The number of benzene rings is 1. The number of ether oxygens (including phenoxy) is 1. The molecule has 3 unspecified atom stereocenters. The molecule has 0 aliphatic heterocycles. The highest BCUT2D eigenvalue weighted by Gasteiger charge is 2.36. The zero-order chi connectivity index (χ0) is 15.5. The summed E-state index contributed by atoms with van der Waals surface area (Å²) in [7, 11) is 1.71. The zero-order valence-electron chi connectivity index (χ0n) is 14.1. The first-order chi connectivity index (χ1) is 9.92. The molecule has 2 rings (SSSR count). The summed E-state index contributed by atoms with van der Waals surface area (Å²) in [6.45, 7) is 7.13. The minimum Gasteiger partial charge on any atom is -0.497 e. The van der Waals surface area contributed by atoms with Gasteiger partial charge < -0.3 is 10.5 Å². The van der Waals surface area contributed by atoms with Gasteiger partial charge in [0, 0.05) is 6.04 Å². The molecule has 0 aromatic heterocycles. The third-order valence-electron chi connectivity index (χ3n) is 5.38. The van der Waals surface area contributed by atoms with Crippen molar-refractivity contribution in [2.45, 2.75) is 58.9 Å². The van der Waals surface area contributed by atoms with E-state index in [1.165, 1.54) is 31.2 Å². The summed E-state index contributed by atoms with van der Waals surface area (Å²) in [5.41, 5.74) is 8.16. The predicted octanol–water partition coefficient (Wildman–Crippen LogP) is 4.42. The van der Waals surface area contributed by atoms with Gasteiger partial charge in [-0.15, -0.1) is 0 Å².